The van der Waals surface area contributed by atoms with Gasteiger partial charge in [-0.05, 0) is 31.5 Å². The molecule has 0 aliphatic carbocycles. The fourth-order valence-corrected chi connectivity index (χ4v) is 1.55. The van der Waals surface area contributed by atoms with Crippen LogP contribution in [-0.2, 0) is 0 Å². The molecule has 0 bridgehead atoms. The highest BCUT2D eigenvalue weighted by Gasteiger charge is 2.03. The van der Waals surface area contributed by atoms with Crippen molar-refractivity contribution in [2.75, 3.05) is 0 Å². The number of hydrogen-bond acceptors (Lipinski definition) is 2. The average molecular weight is 186 g/mol. The lowest BCUT2D eigenvalue weighted by Gasteiger charge is -2.06. The molecule has 0 unspecified atom stereocenters. The van der Waals surface area contributed by atoms with E-state index in [2.05, 4.69) is 12.1 Å². The highest BCUT2D eigenvalue weighted by atomic mass is 16.5. The summed E-state index contributed by atoms with van der Waals surface area (Å²) in [4.78, 5) is 4.44. The van der Waals surface area contributed by atoms with Crippen LogP contribution in [0.1, 0.15) is 11.3 Å². The number of benzene rings is 1. The van der Waals surface area contributed by atoms with Gasteiger partial charge in [0.25, 0.3) is 0 Å². The molecule has 2 aromatic rings. The van der Waals surface area contributed by atoms with Crippen molar-refractivity contribution in [1.29, 1.82) is 0 Å². The van der Waals surface area contributed by atoms with Crippen LogP contribution in [0.15, 0.2) is 24.3 Å². The topological polar surface area (TPSA) is 22.1 Å². The maximum absolute atomic E-state index is 5.06. The first-order valence-electron chi connectivity index (χ1n) is 4.51. The molecule has 1 aromatic heterocycles. The molecule has 1 heterocycles. The lowest BCUT2D eigenvalue weighted by Crippen LogP contribution is -1.89. The predicted molar refractivity (Wildman–Crippen MR) is 57.2 cm³/mol. The third-order valence-electron chi connectivity index (χ3n) is 2.21. The van der Waals surface area contributed by atoms with Gasteiger partial charge in [-0.3, -0.25) is 4.98 Å². The minimum Gasteiger partial charge on any atom is -0.489 e. The van der Waals surface area contributed by atoms with Gasteiger partial charge >= 0.3 is 0 Å². The summed E-state index contributed by atoms with van der Waals surface area (Å²) < 4.78 is 5.06. The molecule has 1 aromatic carbocycles. The molecule has 0 atom stereocenters. The minimum atomic E-state index is 0.785. The molecule has 71 valence electrons. The van der Waals surface area contributed by atoms with E-state index in [0.29, 0.717) is 0 Å². The highest BCUT2D eigenvalue weighted by Crippen LogP contribution is 2.25. The average Bonchev–Trinajstić information content (AvgIpc) is 2.15. The van der Waals surface area contributed by atoms with Crippen LogP contribution in [-0.4, -0.2) is 4.98 Å². The van der Waals surface area contributed by atoms with Crippen molar-refractivity contribution in [2.45, 2.75) is 13.8 Å². The summed E-state index contributed by atoms with van der Waals surface area (Å²) in [6.07, 6.45) is 0. The van der Waals surface area contributed by atoms with Crippen molar-refractivity contribution in [3.8, 4) is 5.75 Å². The van der Waals surface area contributed by atoms with E-state index in [9.17, 15) is 0 Å². The molecule has 2 nitrogen and oxygen atoms in total. The van der Waals surface area contributed by atoms with Crippen LogP contribution >= 0.6 is 0 Å². The Bertz CT molecular complexity index is 472. The first-order chi connectivity index (χ1) is 6.70. The molecule has 0 saturated carbocycles. The summed E-state index contributed by atoms with van der Waals surface area (Å²) in [5, 5.41) is 1.01. The Kier molecular flexibility index (Phi) is 2.12. The molecule has 0 aliphatic heterocycles. The van der Waals surface area contributed by atoms with Gasteiger partial charge in [-0.15, -0.1) is 0 Å². The first kappa shape index (κ1) is 9.00. The molecular weight excluding hydrogens is 174 g/mol. The first-order valence-corrected chi connectivity index (χ1v) is 4.51. The van der Waals surface area contributed by atoms with Gasteiger partial charge in [0.1, 0.15) is 12.9 Å². The van der Waals surface area contributed by atoms with Crippen molar-refractivity contribution in [1.82, 2.24) is 4.98 Å². The minimum absolute atomic E-state index is 0.785. The molecule has 0 saturated heterocycles. The third kappa shape index (κ3) is 1.43. The molecule has 0 aliphatic rings. The lowest BCUT2D eigenvalue weighted by atomic mass is 10.1. The molecule has 0 spiro atoms. The van der Waals surface area contributed by atoms with E-state index in [4.69, 9.17) is 4.74 Å². The van der Waals surface area contributed by atoms with Crippen LogP contribution in [0.3, 0.4) is 0 Å². The van der Waals surface area contributed by atoms with Crippen LogP contribution in [0.25, 0.3) is 10.9 Å². The Balaban J connectivity index is 2.81. The van der Waals surface area contributed by atoms with Gasteiger partial charge in [-0.1, -0.05) is 6.07 Å². The Labute approximate surface area is 83.5 Å². The van der Waals surface area contributed by atoms with E-state index in [-0.39, 0.29) is 0 Å². The smallest absolute Gasteiger partial charge is 0.130 e. The number of fused-ring (bicyclic) bond motifs is 1. The second-order valence-electron chi connectivity index (χ2n) is 3.43. The van der Waals surface area contributed by atoms with E-state index >= 15 is 0 Å². The Morgan fingerprint density at radius 3 is 2.71 bits per heavy atom. The van der Waals surface area contributed by atoms with Crippen LogP contribution < -0.4 is 4.74 Å². The SMILES string of the molecule is [CH2]Oc1cc(C)nc2cc(C)ccc12. The number of aromatic nitrogens is 1. The summed E-state index contributed by atoms with van der Waals surface area (Å²) >= 11 is 0. The fraction of sp³-hybridized carbons (Fsp3) is 0.167. The van der Waals surface area contributed by atoms with E-state index in [1.165, 1.54) is 5.56 Å². The van der Waals surface area contributed by atoms with Gasteiger partial charge in [0, 0.05) is 17.1 Å². The molecule has 2 heteroatoms. The summed E-state index contributed by atoms with van der Waals surface area (Å²) in [5.74, 6) is 0.785. The largest absolute Gasteiger partial charge is 0.489 e. The maximum atomic E-state index is 5.06. The van der Waals surface area contributed by atoms with Gasteiger partial charge in [0.15, 0.2) is 0 Å². The van der Waals surface area contributed by atoms with Crippen LogP contribution in [0.5, 0.6) is 5.75 Å². The molecule has 0 fully saturated rings. The second-order valence-corrected chi connectivity index (χ2v) is 3.43. The summed E-state index contributed by atoms with van der Waals surface area (Å²) in [7, 11) is 3.44. The zero-order valence-electron chi connectivity index (χ0n) is 8.37. The van der Waals surface area contributed by atoms with E-state index in [1.807, 2.05) is 38.1 Å². The second kappa shape index (κ2) is 3.29. The summed E-state index contributed by atoms with van der Waals surface area (Å²) in [6.45, 7) is 4.00. The monoisotopic (exact) mass is 186 g/mol. The maximum Gasteiger partial charge on any atom is 0.130 e. The molecule has 0 N–H and O–H groups in total. The van der Waals surface area contributed by atoms with Crippen molar-refractivity contribution in [2.24, 2.45) is 0 Å². The quantitative estimate of drug-likeness (QED) is 0.683. The lowest BCUT2D eigenvalue weighted by molar-refractivity contribution is 0.478. The number of hydrogen-bond donors (Lipinski definition) is 0. The van der Waals surface area contributed by atoms with Crippen molar-refractivity contribution >= 4 is 10.9 Å². The van der Waals surface area contributed by atoms with Crippen LogP contribution in [0, 0.1) is 21.0 Å². The number of rotatable bonds is 1. The summed E-state index contributed by atoms with van der Waals surface area (Å²) in [6, 6.07) is 8.00. The van der Waals surface area contributed by atoms with E-state index in [1.54, 1.807) is 0 Å². The van der Waals surface area contributed by atoms with E-state index < -0.39 is 0 Å². The number of nitrogens with zero attached hydrogens (tertiary/aromatic N) is 1. The van der Waals surface area contributed by atoms with Crippen LogP contribution in [0.4, 0.5) is 0 Å². The fourth-order valence-electron chi connectivity index (χ4n) is 1.55. The number of pyridine rings is 1. The molecule has 1 radical (unpaired) electrons. The predicted octanol–water partition coefficient (Wildman–Crippen LogP) is 3.02. The van der Waals surface area contributed by atoms with Gasteiger partial charge in [0.2, 0.25) is 0 Å². The third-order valence-corrected chi connectivity index (χ3v) is 2.21. The Morgan fingerprint density at radius 2 is 2.00 bits per heavy atom. The van der Waals surface area contributed by atoms with Gasteiger partial charge in [-0.25, -0.2) is 0 Å². The molecule has 14 heavy (non-hydrogen) atoms. The van der Waals surface area contributed by atoms with Crippen molar-refractivity contribution in [3.63, 3.8) is 0 Å². The standard InChI is InChI=1S/C12H12NO/c1-8-4-5-10-11(6-8)13-9(2)7-12(10)14-3/h4-7H,3H2,1-2H3. The molecular formula is C12H12NO. The molecule has 2 rings (SSSR count). The Morgan fingerprint density at radius 1 is 1.21 bits per heavy atom. The van der Waals surface area contributed by atoms with E-state index in [0.717, 1.165) is 22.3 Å². The highest BCUT2D eigenvalue weighted by molar-refractivity contribution is 5.85. The molecule has 0 amide bonds. The zero-order chi connectivity index (χ0) is 10.1. The number of aryl methyl sites for hydroxylation is 2. The number of ether oxygens (including phenoxy) is 1. The van der Waals surface area contributed by atoms with Gasteiger partial charge in [-0.2, -0.15) is 0 Å². The normalized spacial score (nSPS) is 10.5. The van der Waals surface area contributed by atoms with Crippen molar-refractivity contribution < 1.29 is 4.74 Å². The van der Waals surface area contributed by atoms with Crippen LogP contribution in [0.2, 0.25) is 0 Å². The summed E-state index contributed by atoms with van der Waals surface area (Å²) in [5.41, 5.74) is 3.11. The van der Waals surface area contributed by atoms with Gasteiger partial charge in [0.05, 0.1) is 5.52 Å². The van der Waals surface area contributed by atoms with Gasteiger partial charge < -0.3 is 4.74 Å². The Hall–Kier alpha value is -1.57. The van der Waals surface area contributed by atoms with Crippen molar-refractivity contribution in [3.05, 3.63) is 42.6 Å². The zero-order valence-corrected chi connectivity index (χ0v) is 8.37.